The summed E-state index contributed by atoms with van der Waals surface area (Å²) >= 11 is 3.19. The quantitative estimate of drug-likeness (QED) is 0.926. The van der Waals surface area contributed by atoms with Crippen molar-refractivity contribution in [1.82, 2.24) is 19.5 Å². The summed E-state index contributed by atoms with van der Waals surface area (Å²) in [5, 5.41) is 2.97. The van der Waals surface area contributed by atoms with Crippen LogP contribution in [-0.2, 0) is 6.54 Å². The van der Waals surface area contributed by atoms with Crippen molar-refractivity contribution in [1.29, 1.82) is 0 Å². The van der Waals surface area contributed by atoms with Crippen LogP contribution in [-0.4, -0.2) is 26.6 Å². The maximum atomic E-state index is 12.0. The molecule has 6 nitrogen and oxygen atoms in total. The van der Waals surface area contributed by atoms with E-state index >= 15 is 0 Å². The number of nitrogens with zero attached hydrogens (tertiary/aromatic N) is 4. The number of halogens is 1. The van der Waals surface area contributed by atoms with E-state index < -0.39 is 0 Å². The summed E-state index contributed by atoms with van der Waals surface area (Å²) in [5.74, 6) is 1.94. The Morgan fingerprint density at radius 3 is 2.79 bits per heavy atom. The number of hydrogen-bond acceptors (Lipinski definition) is 5. The van der Waals surface area contributed by atoms with Crippen LogP contribution in [0.2, 0.25) is 0 Å². The first-order valence-corrected chi connectivity index (χ1v) is 6.55. The van der Waals surface area contributed by atoms with Gasteiger partial charge < -0.3 is 5.32 Å². The molecule has 0 bridgehead atoms. The van der Waals surface area contributed by atoms with Gasteiger partial charge in [-0.25, -0.2) is 15.0 Å². The number of aromatic nitrogens is 4. The fraction of sp³-hybridized carbons (Fsp3) is 0.333. The molecular weight excluding hydrogens is 310 g/mol. The molecule has 0 aliphatic heterocycles. The second kappa shape index (κ2) is 5.48. The molecular formula is C12H14BrN5O. The molecule has 0 atom stereocenters. The summed E-state index contributed by atoms with van der Waals surface area (Å²) in [6.45, 7) is 3.97. The Balaban J connectivity index is 2.44. The van der Waals surface area contributed by atoms with E-state index in [0.717, 1.165) is 11.5 Å². The molecule has 1 N–H and O–H groups in total. The van der Waals surface area contributed by atoms with Crippen LogP contribution in [0, 0.1) is 13.8 Å². The van der Waals surface area contributed by atoms with Gasteiger partial charge in [-0.15, -0.1) is 0 Å². The molecule has 0 aromatic carbocycles. The first kappa shape index (κ1) is 13.7. The van der Waals surface area contributed by atoms with E-state index in [1.807, 2.05) is 13.0 Å². The zero-order valence-corrected chi connectivity index (χ0v) is 12.5. The predicted octanol–water partition coefficient (Wildman–Crippen LogP) is 1.50. The normalized spacial score (nSPS) is 10.5. The third kappa shape index (κ3) is 2.98. The Kier molecular flexibility index (Phi) is 3.94. The van der Waals surface area contributed by atoms with E-state index in [4.69, 9.17) is 0 Å². The van der Waals surface area contributed by atoms with Gasteiger partial charge in [-0.3, -0.25) is 9.36 Å². The Hall–Kier alpha value is -1.76. The standard InChI is InChI=1S/C12H14BrN5O/c1-7-4-10(14-3)17-11(16-7)6-18-8(2)15-5-9(13)12(18)19/h4-5H,6H2,1-3H3,(H,14,16,17). The minimum Gasteiger partial charge on any atom is -0.373 e. The van der Waals surface area contributed by atoms with Gasteiger partial charge in [-0.05, 0) is 29.8 Å². The van der Waals surface area contributed by atoms with Crippen LogP contribution in [0.3, 0.4) is 0 Å². The van der Waals surface area contributed by atoms with Crippen LogP contribution < -0.4 is 10.9 Å². The summed E-state index contributed by atoms with van der Waals surface area (Å²) in [6.07, 6.45) is 1.50. The maximum absolute atomic E-state index is 12.0. The molecule has 0 amide bonds. The number of aryl methyl sites for hydroxylation is 2. The van der Waals surface area contributed by atoms with Gasteiger partial charge >= 0.3 is 0 Å². The van der Waals surface area contributed by atoms with Crippen molar-refractivity contribution in [3.63, 3.8) is 0 Å². The molecule has 2 aromatic heterocycles. The molecule has 19 heavy (non-hydrogen) atoms. The Morgan fingerprint density at radius 1 is 1.37 bits per heavy atom. The lowest BCUT2D eigenvalue weighted by Gasteiger charge is -2.10. The van der Waals surface area contributed by atoms with E-state index in [1.54, 1.807) is 14.0 Å². The van der Waals surface area contributed by atoms with Gasteiger partial charge in [0.2, 0.25) is 0 Å². The molecule has 2 aromatic rings. The Labute approximate surface area is 119 Å². The fourth-order valence-electron chi connectivity index (χ4n) is 1.71. The lowest BCUT2D eigenvalue weighted by Crippen LogP contribution is -2.25. The van der Waals surface area contributed by atoms with Crippen molar-refractivity contribution in [2.24, 2.45) is 0 Å². The van der Waals surface area contributed by atoms with Gasteiger partial charge in [0.05, 0.1) is 6.54 Å². The second-order valence-corrected chi connectivity index (χ2v) is 4.96. The predicted molar refractivity (Wildman–Crippen MR) is 76.4 cm³/mol. The lowest BCUT2D eigenvalue weighted by atomic mass is 10.4. The zero-order chi connectivity index (χ0) is 14.0. The smallest absolute Gasteiger partial charge is 0.268 e. The third-order valence-corrected chi connectivity index (χ3v) is 3.20. The summed E-state index contributed by atoms with van der Waals surface area (Å²) in [5.41, 5.74) is 0.714. The van der Waals surface area contributed by atoms with Crippen LogP contribution in [0.15, 0.2) is 21.5 Å². The molecule has 2 rings (SSSR count). The summed E-state index contributed by atoms with van der Waals surface area (Å²) in [6, 6.07) is 1.85. The zero-order valence-electron chi connectivity index (χ0n) is 10.9. The molecule has 2 heterocycles. The highest BCUT2D eigenvalue weighted by Gasteiger charge is 2.09. The van der Waals surface area contributed by atoms with Gasteiger partial charge in [-0.1, -0.05) is 0 Å². The highest BCUT2D eigenvalue weighted by Crippen LogP contribution is 2.07. The molecule has 0 radical (unpaired) electrons. The van der Waals surface area contributed by atoms with Crippen molar-refractivity contribution in [3.8, 4) is 0 Å². The highest BCUT2D eigenvalue weighted by molar-refractivity contribution is 9.10. The molecule has 7 heteroatoms. The van der Waals surface area contributed by atoms with Gasteiger partial charge in [0.1, 0.15) is 16.1 Å². The number of rotatable bonds is 3. The lowest BCUT2D eigenvalue weighted by molar-refractivity contribution is 0.663. The molecule has 0 unspecified atom stereocenters. The van der Waals surface area contributed by atoms with Crippen molar-refractivity contribution >= 4 is 21.7 Å². The Morgan fingerprint density at radius 2 is 2.11 bits per heavy atom. The van der Waals surface area contributed by atoms with Crippen molar-refractivity contribution in [3.05, 3.63) is 44.4 Å². The van der Waals surface area contributed by atoms with E-state index in [-0.39, 0.29) is 5.56 Å². The van der Waals surface area contributed by atoms with E-state index in [9.17, 15) is 4.79 Å². The van der Waals surface area contributed by atoms with Crippen molar-refractivity contribution in [2.75, 3.05) is 12.4 Å². The SMILES string of the molecule is CNc1cc(C)nc(Cn2c(C)ncc(Br)c2=O)n1. The van der Waals surface area contributed by atoms with Crippen molar-refractivity contribution < 1.29 is 0 Å². The monoisotopic (exact) mass is 323 g/mol. The molecule has 0 saturated heterocycles. The topological polar surface area (TPSA) is 72.7 Å². The van der Waals surface area contributed by atoms with E-state index in [0.29, 0.717) is 22.7 Å². The maximum Gasteiger partial charge on any atom is 0.268 e. The van der Waals surface area contributed by atoms with E-state index in [2.05, 4.69) is 36.2 Å². The van der Waals surface area contributed by atoms with Crippen LogP contribution in [0.5, 0.6) is 0 Å². The highest BCUT2D eigenvalue weighted by atomic mass is 79.9. The van der Waals surface area contributed by atoms with E-state index in [1.165, 1.54) is 10.8 Å². The second-order valence-electron chi connectivity index (χ2n) is 4.11. The third-order valence-electron chi connectivity index (χ3n) is 2.66. The van der Waals surface area contributed by atoms with Crippen LogP contribution in [0.1, 0.15) is 17.3 Å². The molecule has 0 fully saturated rings. The van der Waals surface area contributed by atoms with Crippen LogP contribution in [0.4, 0.5) is 5.82 Å². The van der Waals surface area contributed by atoms with Gasteiger partial charge in [-0.2, -0.15) is 0 Å². The van der Waals surface area contributed by atoms with Crippen LogP contribution in [0.25, 0.3) is 0 Å². The Bertz CT molecular complexity index is 668. The average Bonchev–Trinajstić information content (AvgIpc) is 2.38. The number of hydrogen-bond donors (Lipinski definition) is 1. The molecule has 0 aliphatic rings. The first-order valence-electron chi connectivity index (χ1n) is 5.75. The molecule has 100 valence electrons. The minimum absolute atomic E-state index is 0.136. The van der Waals surface area contributed by atoms with Gasteiger partial charge in [0.25, 0.3) is 5.56 Å². The largest absolute Gasteiger partial charge is 0.373 e. The summed E-state index contributed by atoms with van der Waals surface area (Å²) in [4.78, 5) is 24.9. The number of nitrogens with one attached hydrogen (secondary N) is 1. The summed E-state index contributed by atoms with van der Waals surface area (Å²) in [7, 11) is 1.80. The molecule has 0 spiro atoms. The van der Waals surface area contributed by atoms with Crippen molar-refractivity contribution in [2.45, 2.75) is 20.4 Å². The molecule has 0 saturated carbocycles. The minimum atomic E-state index is -0.136. The first-order chi connectivity index (χ1) is 9.01. The van der Waals surface area contributed by atoms with Crippen LogP contribution >= 0.6 is 15.9 Å². The fourth-order valence-corrected chi connectivity index (χ4v) is 2.02. The summed E-state index contributed by atoms with van der Waals surface area (Å²) < 4.78 is 1.97. The number of anilines is 1. The van der Waals surface area contributed by atoms with Gasteiger partial charge in [0, 0.05) is 25.0 Å². The van der Waals surface area contributed by atoms with Gasteiger partial charge in [0.15, 0.2) is 5.82 Å². The average molecular weight is 324 g/mol. The molecule has 0 aliphatic carbocycles.